The SMILES string of the molecule is CC1(C)[C@H](NC(=O)c2cc3ccc(F)c(C(F)(F)F)c3s2)C2CCN1CC2. The first-order valence-electron chi connectivity index (χ1n) is 8.94. The van der Waals surface area contributed by atoms with Gasteiger partial charge in [0.25, 0.3) is 5.91 Å². The molecule has 1 aromatic heterocycles. The molecule has 27 heavy (non-hydrogen) atoms. The summed E-state index contributed by atoms with van der Waals surface area (Å²) in [5.74, 6) is -1.34. The van der Waals surface area contributed by atoms with Crippen LogP contribution >= 0.6 is 11.3 Å². The minimum Gasteiger partial charge on any atom is -0.346 e. The largest absolute Gasteiger partial charge is 0.420 e. The summed E-state index contributed by atoms with van der Waals surface area (Å²) in [5.41, 5.74) is -1.50. The average Bonchev–Trinajstić information content (AvgIpc) is 3.01. The van der Waals surface area contributed by atoms with Crippen LogP contribution in [-0.2, 0) is 6.18 Å². The number of carbonyl (C=O) groups is 1. The number of halogens is 4. The van der Waals surface area contributed by atoms with E-state index in [4.69, 9.17) is 0 Å². The quantitative estimate of drug-likeness (QED) is 0.744. The fraction of sp³-hybridized carbons (Fsp3) is 0.526. The predicted octanol–water partition coefficient (Wildman–Crippen LogP) is 4.66. The van der Waals surface area contributed by atoms with Crippen molar-refractivity contribution < 1.29 is 22.4 Å². The molecule has 3 saturated heterocycles. The predicted molar refractivity (Wildman–Crippen MR) is 96.4 cm³/mol. The normalized spacial score (nSPS) is 27.1. The molecule has 8 heteroatoms. The fourth-order valence-corrected chi connectivity index (χ4v) is 5.66. The second-order valence-corrected chi connectivity index (χ2v) is 8.93. The van der Waals surface area contributed by atoms with Crippen LogP contribution < -0.4 is 5.32 Å². The molecule has 2 aromatic rings. The topological polar surface area (TPSA) is 32.3 Å². The van der Waals surface area contributed by atoms with Crippen LogP contribution in [0.1, 0.15) is 41.9 Å². The third kappa shape index (κ3) is 3.02. The van der Waals surface area contributed by atoms with Gasteiger partial charge in [-0.3, -0.25) is 9.69 Å². The van der Waals surface area contributed by atoms with Crippen LogP contribution in [-0.4, -0.2) is 35.5 Å². The van der Waals surface area contributed by atoms with E-state index in [2.05, 4.69) is 24.1 Å². The Hall–Kier alpha value is -1.67. The van der Waals surface area contributed by atoms with E-state index < -0.39 is 23.5 Å². The van der Waals surface area contributed by atoms with Gasteiger partial charge in [0.15, 0.2) is 0 Å². The molecule has 3 nitrogen and oxygen atoms in total. The minimum absolute atomic E-state index is 0.0588. The Labute approximate surface area is 158 Å². The standard InChI is InChI=1S/C19H20F4N2OS/c1-18(2)16(10-5-7-25(18)8-6-10)24-17(26)13-9-11-3-4-12(20)14(15(11)27-13)19(21,22)23/h3-4,9-10,16H,5-8H2,1-2H3,(H,24,26)/t16-/m1/s1. The molecule has 0 saturated carbocycles. The van der Waals surface area contributed by atoms with Crippen molar-refractivity contribution in [2.45, 2.75) is 44.4 Å². The van der Waals surface area contributed by atoms with Crippen molar-refractivity contribution in [2.24, 2.45) is 5.92 Å². The molecule has 3 aliphatic rings. The van der Waals surface area contributed by atoms with E-state index in [9.17, 15) is 22.4 Å². The molecule has 1 amide bonds. The molecule has 0 radical (unpaired) electrons. The van der Waals surface area contributed by atoms with Gasteiger partial charge in [-0.15, -0.1) is 11.3 Å². The Balaban J connectivity index is 1.66. The average molecular weight is 400 g/mol. The van der Waals surface area contributed by atoms with Crippen LogP contribution in [0.3, 0.4) is 0 Å². The molecule has 1 aromatic carbocycles. The molecule has 5 rings (SSSR count). The van der Waals surface area contributed by atoms with Crippen molar-refractivity contribution in [2.75, 3.05) is 13.1 Å². The number of nitrogens with one attached hydrogen (secondary N) is 1. The first-order valence-corrected chi connectivity index (χ1v) is 9.76. The summed E-state index contributed by atoms with van der Waals surface area (Å²) >= 11 is 0.696. The molecule has 146 valence electrons. The van der Waals surface area contributed by atoms with Gasteiger partial charge in [-0.25, -0.2) is 4.39 Å². The number of thiophene rings is 1. The van der Waals surface area contributed by atoms with Gasteiger partial charge in [0.05, 0.1) is 9.58 Å². The fourth-order valence-electron chi connectivity index (χ4n) is 4.54. The molecule has 1 N–H and O–H groups in total. The lowest BCUT2D eigenvalue weighted by atomic mass is 9.72. The first kappa shape index (κ1) is 18.7. The van der Waals surface area contributed by atoms with Crippen LogP contribution in [0.15, 0.2) is 18.2 Å². The Kier molecular flexibility index (Phi) is 4.27. The zero-order valence-electron chi connectivity index (χ0n) is 15.0. The van der Waals surface area contributed by atoms with Crippen LogP contribution in [0.4, 0.5) is 17.6 Å². The number of amides is 1. The highest BCUT2D eigenvalue weighted by atomic mass is 32.1. The maximum Gasteiger partial charge on any atom is 0.420 e. The van der Waals surface area contributed by atoms with Crippen molar-refractivity contribution >= 4 is 27.3 Å². The number of fused-ring (bicyclic) bond motifs is 4. The van der Waals surface area contributed by atoms with Crippen molar-refractivity contribution in [3.63, 3.8) is 0 Å². The number of benzene rings is 1. The zero-order chi connectivity index (χ0) is 19.6. The number of carbonyl (C=O) groups excluding carboxylic acids is 1. The van der Waals surface area contributed by atoms with Gasteiger partial charge in [-0.2, -0.15) is 13.2 Å². The van der Waals surface area contributed by atoms with Crippen molar-refractivity contribution in [3.8, 4) is 0 Å². The second-order valence-electron chi connectivity index (χ2n) is 7.88. The number of rotatable bonds is 2. The van der Waals surface area contributed by atoms with Gasteiger partial charge in [0, 0.05) is 11.6 Å². The van der Waals surface area contributed by atoms with Crippen molar-refractivity contribution in [1.29, 1.82) is 0 Å². The molecule has 1 atom stereocenters. The molecule has 3 aliphatic heterocycles. The number of piperidine rings is 3. The monoisotopic (exact) mass is 400 g/mol. The maximum atomic E-state index is 13.8. The Morgan fingerprint density at radius 3 is 2.52 bits per heavy atom. The molecule has 4 heterocycles. The number of hydrogen-bond acceptors (Lipinski definition) is 3. The van der Waals surface area contributed by atoms with E-state index in [0.717, 1.165) is 32.0 Å². The summed E-state index contributed by atoms with van der Waals surface area (Å²) in [6, 6.07) is 3.44. The third-order valence-corrected chi connectivity index (χ3v) is 7.18. The lowest BCUT2D eigenvalue weighted by molar-refractivity contribution is -0.138. The summed E-state index contributed by atoms with van der Waals surface area (Å²) < 4.78 is 53.2. The molecular weight excluding hydrogens is 380 g/mol. The Morgan fingerprint density at radius 1 is 1.26 bits per heavy atom. The van der Waals surface area contributed by atoms with E-state index in [1.165, 1.54) is 12.1 Å². The summed E-state index contributed by atoms with van der Waals surface area (Å²) in [6.45, 7) is 6.18. The van der Waals surface area contributed by atoms with Gasteiger partial charge < -0.3 is 5.32 Å². The minimum atomic E-state index is -4.81. The molecular formula is C19H20F4N2OS. The van der Waals surface area contributed by atoms with E-state index in [0.29, 0.717) is 17.3 Å². The second kappa shape index (κ2) is 6.17. The van der Waals surface area contributed by atoms with Crippen molar-refractivity contribution in [1.82, 2.24) is 10.2 Å². The maximum absolute atomic E-state index is 13.8. The summed E-state index contributed by atoms with van der Waals surface area (Å²) in [6.07, 6.45) is -2.80. The highest BCUT2D eigenvalue weighted by molar-refractivity contribution is 7.21. The van der Waals surface area contributed by atoms with Crippen LogP contribution in [0.5, 0.6) is 0 Å². The van der Waals surface area contributed by atoms with E-state index in [-0.39, 0.29) is 26.5 Å². The third-order valence-electron chi connectivity index (χ3n) is 6.02. The smallest absolute Gasteiger partial charge is 0.346 e. The molecule has 0 unspecified atom stereocenters. The lowest BCUT2D eigenvalue weighted by Crippen LogP contribution is -2.69. The van der Waals surface area contributed by atoms with Crippen molar-refractivity contribution in [3.05, 3.63) is 34.5 Å². The molecule has 3 fully saturated rings. The summed E-state index contributed by atoms with van der Waals surface area (Å²) in [5, 5.41) is 3.27. The van der Waals surface area contributed by atoms with Crippen LogP contribution in [0, 0.1) is 11.7 Å². The van der Waals surface area contributed by atoms with Gasteiger partial charge in [-0.05, 0) is 63.2 Å². The number of alkyl halides is 3. The Bertz CT molecular complexity index is 897. The highest BCUT2D eigenvalue weighted by Gasteiger charge is 2.48. The van der Waals surface area contributed by atoms with E-state index in [1.54, 1.807) is 0 Å². The Morgan fingerprint density at radius 2 is 1.93 bits per heavy atom. The zero-order valence-corrected chi connectivity index (χ0v) is 15.8. The van der Waals surface area contributed by atoms with Crippen LogP contribution in [0.2, 0.25) is 0 Å². The van der Waals surface area contributed by atoms with Gasteiger partial charge in [0.2, 0.25) is 0 Å². The molecule has 0 spiro atoms. The number of nitrogens with zero attached hydrogens (tertiary/aromatic N) is 1. The van der Waals surface area contributed by atoms with Crippen LogP contribution in [0.25, 0.3) is 10.1 Å². The lowest BCUT2D eigenvalue weighted by Gasteiger charge is -2.56. The first-order chi connectivity index (χ1) is 12.6. The van der Waals surface area contributed by atoms with E-state index >= 15 is 0 Å². The molecule has 0 aliphatic carbocycles. The van der Waals surface area contributed by atoms with Gasteiger partial charge in [0.1, 0.15) is 11.4 Å². The summed E-state index contributed by atoms with van der Waals surface area (Å²) in [7, 11) is 0. The molecule has 2 bridgehead atoms. The number of hydrogen-bond donors (Lipinski definition) is 1. The highest BCUT2D eigenvalue weighted by Crippen LogP contribution is 2.42. The van der Waals surface area contributed by atoms with Gasteiger partial charge in [-0.1, -0.05) is 6.07 Å². The van der Waals surface area contributed by atoms with Gasteiger partial charge >= 0.3 is 6.18 Å². The summed E-state index contributed by atoms with van der Waals surface area (Å²) in [4.78, 5) is 15.3. The van der Waals surface area contributed by atoms with E-state index in [1.807, 2.05) is 0 Å².